The molecule has 5 heteroatoms. The van der Waals surface area contributed by atoms with Crippen LogP contribution in [0.3, 0.4) is 0 Å². The molecule has 0 atom stereocenters. The molecule has 0 radical (unpaired) electrons. The van der Waals surface area contributed by atoms with Crippen LogP contribution in [0.25, 0.3) is 11.0 Å². The Morgan fingerprint density at radius 2 is 2.07 bits per heavy atom. The molecule has 3 aromatic rings. The molecule has 0 bridgehead atoms. The molecule has 0 saturated carbocycles. The van der Waals surface area contributed by atoms with Gasteiger partial charge in [0.15, 0.2) is 0 Å². The zero-order valence-electron chi connectivity index (χ0n) is 15.5. The van der Waals surface area contributed by atoms with E-state index in [9.17, 15) is 4.79 Å². The third-order valence-electron chi connectivity index (χ3n) is 3.97. The van der Waals surface area contributed by atoms with Gasteiger partial charge in [0.05, 0.1) is 17.6 Å². The highest BCUT2D eigenvalue weighted by Crippen LogP contribution is 2.20. The summed E-state index contributed by atoms with van der Waals surface area (Å²) in [6.45, 7) is 4.27. The summed E-state index contributed by atoms with van der Waals surface area (Å²) < 4.78 is 5.72. The second kappa shape index (κ2) is 8.81. The molecule has 0 aliphatic rings. The quantitative estimate of drug-likeness (QED) is 0.524. The summed E-state index contributed by atoms with van der Waals surface area (Å²) in [4.78, 5) is 21.4. The number of amides is 1. The van der Waals surface area contributed by atoms with Crippen molar-refractivity contribution in [2.75, 3.05) is 11.9 Å². The molecule has 0 fully saturated rings. The minimum absolute atomic E-state index is 0.256. The summed E-state index contributed by atoms with van der Waals surface area (Å²) in [5, 5.41) is 2.89. The van der Waals surface area contributed by atoms with Gasteiger partial charge in [-0.25, -0.2) is 4.98 Å². The van der Waals surface area contributed by atoms with Crippen molar-refractivity contribution in [3.63, 3.8) is 0 Å². The largest absolute Gasteiger partial charge is 0.493 e. The van der Waals surface area contributed by atoms with Crippen molar-refractivity contribution in [2.45, 2.75) is 26.7 Å². The van der Waals surface area contributed by atoms with Gasteiger partial charge in [-0.2, -0.15) is 0 Å². The zero-order chi connectivity index (χ0) is 19.1. The van der Waals surface area contributed by atoms with Crippen LogP contribution < -0.4 is 10.1 Å². The molecule has 0 unspecified atom stereocenters. The topological polar surface area (TPSA) is 64.1 Å². The molecule has 0 aliphatic carbocycles. The molecular formula is C22H21N3O2. The third kappa shape index (κ3) is 4.83. The van der Waals surface area contributed by atoms with Crippen molar-refractivity contribution in [3.8, 4) is 17.6 Å². The van der Waals surface area contributed by atoms with E-state index in [1.807, 2.05) is 44.2 Å². The van der Waals surface area contributed by atoms with Crippen molar-refractivity contribution in [3.05, 3.63) is 59.9 Å². The van der Waals surface area contributed by atoms with Gasteiger partial charge in [0.25, 0.3) is 5.91 Å². The Bertz CT molecular complexity index is 1020. The number of ether oxygens (including phenoxy) is 1. The lowest BCUT2D eigenvalue weighted by Gasteiger charge is -2.10. The fourth-order valence-electron chi connectivity index (χ4n) is 2.66. The predicted octanol–water partition coefficient (Wildman–Crippen LogP) is 4.37. The zero-order valence-corrected chi connectivity index (χ0v) is 15.5. The van der Waals surface area contributed by atoms with Gasteiger partial charge in [0, 0.05) is 24.4 Å². The van der Waals surface area contributed by atoms with Gasteiger partial charge < -0.3 is 10.1 Å². The number of carbonyl (C=O) groups excluding carboxylic acids is 1. The van der Waals surface area contributed by atoms with Crippen LogP contribution in [0.4, 0.5) is 5.69 Å². The first kappa shape index (κ1) is 18.4. The molecule has 136 valence electrons. The van der Waals surface area contributed by atoms with Gasteiger partial charge >= 0.3 is 0 Å². The molecule has 3 rings (SSSR count). The highest BCUT2D eigenvalue weighted by Gasteiger charge is 2.13. The van der Waals surface area contributed by atoms with Crippen molar-refractivity contribution < 1.29 is 9.53 Å². The molecule has 0 aliphatic heterocycles. The summed E-state index contributed by atoms with van der Waals surface area (Å²) in [5.41, 5.74) is 3.30. The van der Waals surface area contributed by atoms with Gasteiger partial charge in [-0.05, 0) is 56.2 Å². The van der Waals surface area contributed by atoms with E-state index < -0.39 is 0 Å². The monoisotopic (exact) mass is 359 g/mol. The summed E-state index contributed by atoms with van der Waals surface area (Å²) in [7, 11) is 0. The van der Waals surface area contributed by atoms with E-state index in [0.29, 0.717) is 29.3 Å². The summed E-state index contributed by atoms with van der Waals surface area (Å²) in [6.07, 6.45) is 3.39. The predicted molar refractivity (Wildman–Crippen MR) is 107 cm³/mol. The van der Waals surface area contributed by atoms with Crippen LogP contribution in [0.1, 0.15) is 35.8 Å². The molecule has 5 nitrogen and oxygen atoms in total. The second-order valence-corrected chi connectivity index (χ2v) is 6.06. The Morgan fingerprint density at radius 1 is 1.19 bits per heavy atom. The number of carbonyl (C=O) groups is 1. The minimum atomic E-state index is -0.256. The fourth-order valence-corrected chi connectivity index (χ4v) is 2.66. The number of aryl methyl sites for hydroxylation is 1. The first-order valence-corrected chi connectivity index (χ1v) is 8.83. The fraction of sp³-hybridized carbons (Fsp3) is 0.227. The van der Waals surface area contributed by atoms with E-state index in [1.54, 1.807) is 18.3 Å². The van der Waals surface area contributed by atoms with Crippen molar-refractivity contribution in [1.82, 2.24) is 9.97 Å². The molecule has 2 aromatic heterocycles. The van der Waals surface area contributed by atoms with E-state index in [1.165, 1.54) is 0 Å². The van der Waals surface area contributed by atoms with E-state index in [0.717, 1.165) is 23.9 Å². The maximum Gasteiger partial charge on any atom is 0.274 e. The number of unbranched alkanes of at least 4 members (excludes halogenated alkanes) is 1. The lowest BCUT2D eigenvalue weighted by atomic mass is 10.1. The number of rotatable bonds is 6. The Hall–Kier alpha value is -3.39. The van der Waals surface area contributed by atoms with Crippen LogP contribution in [0.15, 0.2) is 48.7 Å². The van der Waals surface area contributed by atoms with Crippen LogP contribution in [-0.4, -0.2) is 22.5 Å². The highest BCUT2D eigenvalue weighted by molar-refractivity contribution is 6.05. The van der Waals surface area contributed by atoms with Crippen LogP contribution in [0.5, 0.6) is 5.75 Å². The molecule has 27 heavy (non-hydrogen) atoms. The standard InChI is InChI=1S/C22H21N3O2/c1-3-4-5-6-13-27-18-10-7-9-17(15-18)24-22(26)21-16(2)14-20-19(25-21)11-8-12-23-20/h7-12,14-15H,5-6,13H2,1-2H3,(H,24,26). The Morgan fingerprint density at radius 3 is 2.93 bits per heavy atom. The number of fused-ring (bicyclic) bond motifs is 1. The molecule has 1 aromatic carbocycles. The van der Waals surface area contributed by atoms with E-state index in [4.69, 9.17) is 4.74 Å². The second-order valence-electron chi connectivity index (χ2n) is 6.06. The first-order chi connectivity index (χ1) is 13.2. The summed E-state index contributed by atoms with van der Waals surface area (Å²) in [6, 6.07) is 12.9. The number of anilines is 1. The molecule has 1 N–H and O–H groups in total. The maximum atomic E-state index is 12.7. The molecule has 0 saturated heterocycles. The van der Waals surface area contributed by atoms with Crippen molar-refractivity contribution in [1.29, 1.82) is 0 Å². The Balaban J connectivity index is 1.69. The summed E-state index contributed by atoms with van der Waals surface area (Å²) >= 11 is 0. The number of nitrogens with zero attached hydrogens (tertiary/aromatic N) is 2. The van der Waals surface area contributed by atoms with Crippen LogP contribution in [0, 0.1) is 18.8 Å². The highest BCUT2D eigenvalue weighted by atomic mass is 16.5. The van der Waals surface area contributed by atoms with Gasteiger partial charge in [-0.3, -0.25) is 9.78 Å². The first-order valence-electron chi connectivity index (χ1n) is 8.83. The average Bonchev–Trinajstić information content (AvgIpc) is 2.67. The van der Waals surface area contributed by atoms with E-state index in [2.05, 4.69) is 27.1 Å². The Labute approximate surface area is 158 Å². The van der Waals surface area contributed by atoms with Crippen LogP contribution >= 0.6 is 0 Å². The molecule has 2 heterocycles. The lowest BCUT2D eigenvalue weighted by molar-refractivity contribution is 0.102. The van der Waals surface area contributed by atoms with Gasteiger partial charge in [-0.1, -0.05) is 6.07 Å². The number of hydrogen-bond acceptors (Lipinski definition) is 4. The van der Waals surface area contributed by atoms with Gasteiger partial charge in [-0.15, -0.1) is 11.8 Å². The van der Waals surface area contributed by atoms with E-state index >= 15 is 0 Å². The van der Waals surface area contributed by atoms with Crippen LogP contribution in [-0.2, 0) is 0 Å². The van der Waals surface area contributed by atoms with Crippen molar-refractivity contribution >= 4 is 22.6 Å². The molecular weight excluding hydrogens is 338 g/mol. The average molecular weight is 359 g/mol. The van der Waals surface area contributed by atoms with Crippen LogP contribution in [0.2, 0.25) is 0 Å². The molecule has 1 amide bonds. The minimum Gasteiger partial charge on any atom is -0.493 e. The van der Waals surface area contributed by atoms with E-state index in [-0.39, 0.29) is 5.91 Å². The SMILES string of the molecule is CC#CCCCOc1cccc(NC(=O)c2nc3cccnc3cc2C)c1. The lowest BCUT2D eigenvalue weighted by Crippen LogP contribution is -2.15. The number of benzene rings is 1. The Kier molecular flexibility index (Phi) is 6.01. The number of nitrogens with one attached hydrogen (secondary N) is 1. The molecule has 0 spiro atoms. The smallest absolute Gasteiger partial charge is 0.274 e. The summed E-state index contributed by atoms with van der Waals surface area (Å²) in [5.74, 6) is 6.33. The maximum absolute atomic E-state index is 12.7. The van der Waals surface area contributed by atoms with Gasteiger partial charge in [0.1, 0.15) is 11.4 Å². The number of hydrogen-bond donors (Lipinski definition) is 1. The van der Waals surface area contributed by atoms with Gasteiger partial charge in [0.2, 0.25) is 0 Å². The normalized spacial score (nSPS) is 10.1. The van der Waals surface area contributed by atoms with Crippen molar-refractivity contribution in [2.24, 2.45) is 0 Å². The number of aromatic nitrogens is 2. The number of pyridine rings is 2. The third-order valence-corrected chi connectivity index (χ3v) is 3.97.